The molecule has 0 spiro atoms. The van der Waals surface area contributed by atoms with Crippen LogP contribution in [0.3, 0.4) is 0 Å². The molecule has 21 heavy (non-hydrogen) atoms. The van der Waals surface area contributed by atoms with Gasteiger partial charge >= 0.3 is 6.03 Å². The van der Waals surface area contributed by atoms with E-state index in [1.807, 2.05) is 29.2 Å². The van der Waals surface area contributed by atoms with Crippen molar-refractivity contribution in [2.24, 2.45) is 5.92 Å². The van der Waals surface area contributed by atoms with E-state index in [9.17, 15) is 4.79 Å². The smallest absolute Gasteiger partial charge is 0.317 e. The van der Waals surface area contributed by atoms with Crippen LogP contribution in [0.1, 0.15) is 31.9 Å². The van der Waals surface area contributed by atoms with Crippen molar-refractivity contribution in [3.8, 4) is 0 Å². The fourth-order valence-electron chi connectivity index (χ4n) is 2.29. The summed E-state index contributed by atoms with van der Waals surface area (Å²) < 4.78 is 6.84. The van der Waals surface area contributed by atoms with Gasteiger partial charge in [-0.1, -0.05) is 41.9 Å². The molecule has 4 nitrogen and oxygen atoms in total. The van der Waals surface area contributed by atoms with Crippen LogP contribution in [-0.2, 0) is 4.74 Å². The molecule has 0 bridgehead atoms. The highest BCUT2D eigenvalue weighted by Crippen LogP contribution is 2.23. The third kappa shape index (κ3) is 5.00. The average molecular weight is 355 g/mol. The Labute approximate surface area is 135 Å². The molecule has 1 aromatic rings. The van der Waals surface area contributed by atoms with Gasteiger partial charge in [-0.25, -0.2) is 4.79 Å². The molecule has 0 aromatic heterocycles. The molecular weight excluding hydrogens is 332 g/mol. The van der Waals surface area contributed by atoms with Crippen LogP contribution in [0, 0.1) is 5.92 Å². The fourth-order valence-corrected chi connectivity index (χ4v) is 2.56. The zero-order chi connectivity index (χ0) is 15.2. The lowest BCUT2D eigenvalue weighted by Gasteiger charge is -2.33. The van der Waals surface area contributed by atoms with Gasteiger partial charge in [0.25, 0.3) is 0 Å². The monoisotopic (exact) mass is 354 g/mol. The van der Waals surface area contributed by atoms with E-state index in [-0.39, 0.29) is 12.1 Å². The zero-order valence-corrected chi connectivity index (χ0v) is 14.2. The second kappa shape index (κ2) is 7.80. The van der Waals surface area contributed by atoms with E-state index in [2.05, 4.69) is 35.1 Å². The number of hydrogen-bond donors (Lipinski definition) is 1. The van der Waals surface area contributed by atoms with Crippen molar-refractivity contribution in [3.63, 3.8) is 0 Å². The lowest BCUT2D eigenvalue weighted by molar-refractivity contribution is -0.0154. The minimum atomic E-state index is -0.0392. The highest BCUT2D eigenvalue weighted by Gasteiger charge is 2.25. The second-order valence-electron chi connectivity index (χ2n) is 5.77. The summed E-state index contributed by atoms with van der Waals surface area (Å²) >= 11 is 3.43. The maximum atomic E-state index is 12.2. The number of nitrogens with one attached hydrogen (secondary N) is 1. The minimum Gasteiger partial charge on any atom is -0.370 e. The number of ether oxygens (including phenoxy) is 1. The summed E-state index contributed by atoms with van der Waals surface area (Å²) in [6.45, 7) is 6.89. The maximum Gasteiger partial charge on any atom is 0.317 e. The fraction of sp³-hybridized carbons (Fsp3) is 0.562. The summed E-state index contributed by atoms with van der Waals surface area (Å²) in [7, 11) is 0. The summed E-state index contributed by atoms with van der Waals surface area (Å²) in [6.07, 6.45) is 0.967. The molecule has 1 aliphatic heterocycles. The summed E-state index contributed by atoms with van der Waals surface area (Å²) in [4.78, 5) is 14.0. The number of urea groups is 1. The molecule has 1 saturated heterocycles. The van der Waals surface area contributed by atoms with Crippen LogP contribution >= 0.6 is 15.9 Å². The SMILES string of the molecule is CC(C)CCNC(=O)N1CCOC(c2ccc(Br)cc2)C1. The molecular formula is C16H23BrN2O2. The van der Waals surface area contributed by atoms with Gasteiger partial charge < -0.3 is 15.0 Å². The second-order valence-corrected chi connectivity index (χ2v) is 6.69. The normalized spacial score (nSPS) is 18.9. The van der Waals surface area contributed by atoms with Crippen molar-refractivity contribution in [2.75, 3.05) is 26.2 Å². The van der Waals surface area contributed by atoms with Crippen LogP contribution in [-0.4, -0.2) is 37.2 Å². The molecule has 0 radical (unpaired) electrons. The minimum absolute atomic E-state index is 0.0149. The summed E-state index contributed by atoms with van der Waals surface area (Å²) in [6, 6.07) is 8.09. The van der Waals surface area contributed by atoms with Crippen molar-refractivity contribution < 1.29 is 9.53 Å². The molecule has 1 fully saturated rings. The highest BCUT2D eigenvalue weighted by atomic mass is 79.9. The number of carbonyl (C=O) groups is 1. The molecule has 1 aromatic carbocycles. The first kappa shape index (κ1) is 16.3. The molecule has 1 atom stereocenters. The zero-order valence-electron chi connectivity index (χ0n) is 12.6. The van der Waals surface area contributed by atoms with Crippen molar-refractivity contribution in [1.82, 2.24) is 10.2 Å². The van der Waals surface area contributed by atoms with E-state index >= 15 is 0 Å². The van der Waals surface area contributed by atoms with E-state index in [1.165, 1.54) is 0 Å². The van der Waals surface area contributed by atoms with Crippen LogP contribution in [0.15, 0.2) is 28.7 Å². The number of amides is 2. The molecule has 1 unspecified atom stereocenters. The summed E-state index contributed by atoms with van der Waals surface area (Å²) in [5, 5.41) is 2.99. The van der Waals surface area contributed by atoms with Crippen LogP contribution in [0.4, 0.5) is 4.79 Å². The molecule has 116 valence electrons. The Balaban J connectivity index is 1.88. The van der Waals surface area contributed by atoms with E-state index < -0.39 is 0 Å². The topological polar surface area (TPSA) is 41.6 Å². The van der Waals surface area contributed by atoms with Gasteiger partial charge in [-0.3, -0.25) is 0 Å². The number of carbonyl (C=O) groups excluding carboxylic acids is 1. The average Bonchev–Trinajstić information content (AvgIpc) is 2.47. The van der Waals surface area contributed by atoms with Gasteiger partial charge in [0.1, 0.15) is 6.10 Å². The molecule has 0 aliphatic carbocycles. The third-order valence-electron chi connectivity index (χ3n) is 3.59. The van der Waals surface area contributed by atoms with Gasteiger partial charge in [-0.05, 0) is 30.0 Å². The first-order valence-corrected chi connectivity index (χ1v) is 8.25. The highest BCUT2D eigenvalue weighted by molar-refractivity contribution is 9.10. The number of benzene rings is 1. The van der Waals surface area contributed by atoms with Gasteiger partial charge in [0.05, 0.1) is 13.2 Å². The van der Waals surface area contributed by atoms with Crippen LogP contribution < -0.4 is 5.32 Å². The van der Waals surface area contributed by atoms with Crippen molar-refractivity contribution in [2.45, 2.75) is 26.4 Å². The molecule has 2 rings (SSSR count). The van der Waals surface area contributed by atoms with Gasteiger partial charge in [0.2, 0.25) is 0 Å². The lowest BCUT2D eigenvalue weighted by atomic mass is 10.1. The van der Waals surface area contributed by atoms with E-state index in [4.69, 9.17) is 4.74 Å². The van der Waals surface area contributed by atoms with Crippen molar-refractivity contribution in [3.05, 3.63) is 34.3 Å². The standard InChI is InChI=1S/C16H23BrN2O2/c1-12(2)7-8-18-16(20)19-9-10-21-15(11-19)13-3-5-14(17)6-4-13/h3-6,12,15H,7-11H2,1-2H3,(H,18,20). The first-order valence-electron chi connectivity index (χ1n) is 7.46. The molecule has 1 heterocycles. The van der Waals surface area contributed by atoms with Crippen molar-refractivity contribution in [1.29, 1.82) is 0 Å². The Morgan fingerprint density at radius 1 is 1.43 bits per heavy atom. The van der Waals surface area contributed by atoms with Gasteiger partial charge in [-0.2, -0.15) is 0 Å². The quantitative estimate of drug-likeness (QED) is 0.897. The Bertz CT molecular complexity index is 462. The van der Waals surface area contributed by atoms with E-state index in [0.717, 1.165) is 23.0 Å². The molecule has 1 aliphatic rings. The van der Waals surface area contributed by atoms with Crippen LogP contribution in [0.25, 0.3) is 0 Å². The van der Waals surface area contributed by atoms with E-state index in [0.29, 0.717) is 25.6 Å². The van der Waals surface area contributed by atoms with Crippen LogP contribution in [0.5, 0.6) is 0 Å². The predicted molar refractivity (Wildman–Crippen MR) is 87.3 cm³/mol. The molecule has 1 N–H and O–H groups in total. The van der Waals surface area contributed by atoms with Crippen molar-refractivity contribution >= 4 is 22.0 Å². The Kier molecular flexibility index (Phi) is 6.06. The van der Waals surface area contributed by atoms with Gasteiger partial charge in [0, 0.05) is 17.6 Å². The lowest BCUT2D eigenvalue weighted by Crippen LogP contribution is -2.47. The summed E-state index contributed by atoms with van der Waals surface area (Å²) in [5.41, 5.74) is 1.11. The Morgan fingerprint density at radius 3 is 2.81 bits per heavy atom. The largest absolute Gasteiger partial charge is 0.370 e. The molecule has 2 amide bonds. The predicted octanol–water partition coefficient (Wildman–Crippen LogP) is 3.58. The van der Waals surface area contributed by atoms with E-state index in [1.54, 1.807) is 0 Å². The maximum absolute atomic E-state index is 12.2. The number of halogens is 1. The van der Waals surface area contributed by atoms with Crippen LogP contribution in [0.2, 0.25) is 0 Å². The summed E-state index contributed by atoms with van der Waals surface area (Å²) in [5.74, 6) is 0.602. The first-order chi connectivity index (χ1) is 10.1. The molecule has 5 heteroatoms. The Morgan fingerprint density at radius 2 is 2.14 bits per heavy atom. The van der Waals surface area contributed by atoms with Gasteiger partial charge in [-0.15, -0.1) is 0 Å². The molecule has 0 saturated carbocycles. The number of morpholine rings is 1. The Hall–Kier alpha value is -1.07. The number of hydrogen-bond acceptors (Lipinski definition) is 2. The number of rotatable bonds is 4. The number of nitrogens with zero attached hydrogens (tertiary/aromatic N) is 1. The third-order valence-corrected chi connectivity index (χ3v) is 4.12. The van der Waals surface area contributed by atoms with Gasteiger partial charge in [0.15, 0.2) is 0 Å².